The number of nitrogens with one attached hydrogen (secondary N) is 1. The summed E-state index contributed by atoms with van der Waals surface area (Å²) in [6.07, 6.45) is 1.74. The van der Waals surface area contributed by atoms with Crippen molar-refractivity contribution in [3.05, 3.63) is 58.9 Å². The van der Waals surface area contributed by atoms with Crippen molar-refractivity contribution in [1.82, 2.24) is 14.9 Å². The Kier molecular flexibility index (Phi) is 6.03. The van der Waals surface area contributed by atoms with Gasteiger partial charge < -0.3 is 9.64 Å². The number of aromatic nitrogens is 3. The normalized spacial score (nSPS) is 11.1. The van der Waals surface area contributed by atoms with E-state index < -0.39 is 0 Å². The van der Waals surface area contributed by atoms with E-state index in [4.69, 9.17) is 17.0 Å². The average Bonchev–Trinajstić information content (AvgIpc) is 3.08. The van der Waals surface area contributed by atoms with Crippen LogP contribution in [0.1, 0.15) is 19.4 Å². The average molecular weight is 382 g/mol. The topological polar surface area (TPSA) is 58.4 Å². The number of aromatic amines is 1. The molecule has 0 saturated carbocycles. The van der Waals surface area contributed by atoms with Gasteiger partial charge in [0.2, 0.25) is 4.77 Å². The van der Waals surface area contributed by atoms with Crippen LogP contribution in [0.4, 0.5) is 5.69 Å². The van der Waals surface area contributed by atoms with E-state index in [0.717, 1.165) is 30.0 Å². The summed E-state index contributed by atoms with van der Waals surface area (Å²) in [6, 6.07) is 15.9. The number of rotatable bonds is 7. The zero-order chi connectivity index (χ0) is 19.2. The third-order valence-electron chi connectivity index (χ3n) is 4.32. The number of H-pyrrole nitrogens is 1. The second-order valence-corrected chi connectivity index (χ2v) is 6.29. The van der Waals surface area contributed by atoms with Crippen molar-refractivity contribution in [3.8, 4) is 17.1 Å². The molecule has 140 valence electrons. The Morgan fingerprint density at radius 1 is 1.19 bits per heavy atom. The number of anilines is 1. The van der Waals surface area contributed by atoms with Crippen LogP contribution < -0.4 is 9.64 Å². The van der Waals surface area contributed by atoms with Gasteiger partial charge in [-0.3, -0.25) is 0 Å². The first-order valence-corrected chi connectivity index (χ1v) is 9.28. The molecular weight excluding hydrogens is 358 g/mol. The van der Waals surface area contributed by atoms with Crippen LogP contribution in [0.3, 0.4) is 0 Å². The van der Waals surface area contributed by atoms with Crippen LogP contribution in [-0.2, 0) is 0 Å². The molecule has 1 heterocycles. The fourth-order valence-corrected chi connectivity index (χ4v) is 3.02. The molecular formula is C20H23N5OS. The maximum Gasteiger partial charge on any atom is 0.216 e. The van der Waals surface area contributed by atoms with Gasteiger partial charge in [-0.25, -0.2) is 5.10 Å². The molecule has 1 N–H and O–H groups in total. The molecule has 1 aromatic heterocycles. The predicted octanol–water partition coefficient (Wildman–Crippen LogP) is 4.34. The van der Waals surface area contributed by atoms with Crippen LogP contribution in [0.5, 0.6) is 5.75 Å². The van der Waals surface area contributed by atoms with E-state index >= 15 is 0 Å². The molecule has 0 unspecified atom stereocenters. The molecule has 0 aliphatic heterocycles. The SMILES string of the molecule is CCN(CC)c1ccc(-c2n[nH]c(=S)n2N=Cc2cccc(OC)c2)cc1. The first-order chi connectivity index (χ1) is 13.2. The minimum Gasteiger partial charge on any atom is -0.497 e. The fourth-order valence-electron chi connectivity index (χ4n) is 2.84. The summed E-state index contributed by atoms with van der Waals surface area (Å²) in [6.45, 7) is 6.24. The Labute approximate surface area is 164 Å². The van der Waals surface area contributed by atoms with Gasteiger partial charge in [-0.1, -0.05) is 12.1 Å². The third kappa shape index (κ3) is 4.25. The van der Waals surface area contributed by atoms with Crippen molar-refractivity contribution >= 4 is 24.1 Å². The van der Waals surface area contributed by atoms with Crippen molar-refractivity contribution in [1.29, 1.82) is 0 Å². The number of methoxy groups -OCH3 is 1. The number of hydrogen-bond donors (Lipinski definition) is 1. The Morgan fingerprint density at radius 3 is 2.59 bits per heavy atom. The number of ether oxygens (including phenoxy) is 1. The minimum atomic E-state index is 0.442. The molecule has 2 aromatic carbocycles. The van der Waals surface area contributed by atoms with Gasteiger partial charge in [-0.15, -0.1) is 0 Å². The smallest absolute Gasteiger partial charge is 0.216 e. The summed E-state index contributed by atoms with van der Waals surface area (Å²) >= 11 is 5.34. The van der Waals surface area contributed by atoms with Crippen LogP contribution in [0, 0.1) is 4.77 Å². The predicted molar refractivity (Wildman–Crippen MR) is 112 cm³/mol. The van der Waals surface area contributed by atoms with Gasteiger partial charge >= 0.3 is 0 Å². The summed E-state index contributed by atoms with van der Waals surface area (Å²) in [5.41, 5.74) is 3.05. The molecule has 0 fully saturated rings. The zero-order valence-corrected chi connectivity index (χ0v) is 16.5. The molecule has 6 nitrogen and oxygen atoms in total. The van der Waals surface area contributed by atoms with Crippen molar-refractivity contribution in [2.24, 2.45) is 5.10 Å². The fraction of sp³-hybridized carbons (Fsp3) is 0.250. The lowest BCUT2D eigenvalue weighted by atomic mass is 10.2. The summed E-state index contributed by atoms with van der Waals surface area (Å²) in [5.74, 6) is 1.45. The summed E-state index contributed by atoms with van der Waals surface area (Å²) in [5, 5.41) is 11.7. The second-order valence-electron chi connectivity index (χ2n) is 5.90. The molecule has 0 atom stereocenters. The van der Waals surface area contributed by atoms with E-state index in [-0.39, 0.29) is 0 Å². The monoisotopic (exact) mass is 381 g/mol. The van der Waals surface area contributed by atoms with Gasteiger partial charge in [0.15, 0.2) is 5.82 Å². The standard InChI is InChI=1S/C20H23N5OS/c1-4-24(5-2)17-11-9-16(10-12-17)19-22-23-20(27)25(19)21-14-15-7-6-8-18(13-15)26-3/h6-14H,4-5H2,1-3H3,(H,23,27). The molecule has 27 heavy (non-hydrogen) atoms. The van der Waals surface area contributed by atoms with Crippen LogP contribution in [0.2, 0.25) is 0 Å². The number of hydrogen-bond acceptors (Lipinski definition) is 5. The van der Waals surface area contributed by atoms with Gasteiger partial charge in [0.1, 0.15) is 5.75 Å². The van der Waals surface area contributed by atoms with E-state index in [9.17, 15) is 0 Å². The molecule has 0 bridgehead atoms. The molecule has 0 radical (unpaired) electrons. The largest absolute Gasteiger partial charge is 0.497 e. The van der Waals surface area contributed by atoms with E-state index in [1.54, 1.807) is 18.0 Å². The Morgan fingerprint density at radius 2 is 1.93 bits per heavy atom. The first-order valence-electron chi connectivity index (χ1n) is 8.87. The van der Waals surface area contributed by atoms with Gasteiger partial charge in [-0.2, -0.15) is 14.9 Å². The van der Waals surface area contributed by atoms with Crippen molar-refractivity contribution in [2.75, 3.05) is 25.1 Å². The van der Waals surface area contributed by atoms with Crippen molar-refractivity contribution in [3.63, 3.8) is 0 Å². The molecule has 0 saturated heterocycles. The van der Waals surface area contributed by atoms with Crippen molar-refractivity contribution in [2.45, 2.75) is 13.8 Å². The van der Waals surface area contributed by atoms with Gasteiger partial charge in [-0.05, 0) is 68.0 Å². The maximum absolute atomic E-state index is 5.34. The van der Waals surface area contributed by atoms with Gasteiger partial charge in [0.05, 0.1) is 13.3 Å². The maximum atomic E-state index is 5.34. The molecule has 0 aliphatic carbocycles. The lowest BCUT2D eigenvalue weighted by Crippen LogP contribution is -2.21. The number of nitrogens with zero attached hydrogens (tertiary/aromatic N) is 4. The molecule has 3 aromatic rings. The Balaban J connectivity index is 1.90. The summed E-state index contributed by atoms with van der Waals surface area (Å²) in [7, 11) is 1.64. The lowest BCUT2D eigenvalue weighted by molar-refractivity contribution is 0.415. The highest BCUT2D eigenvalue weighted by molar-refractivity contribution is 7.71. The highest BCUT2D eigenvalue weighted by Gasteiger charge is 2.09. The molecule has 0 amide bonds. The molecule has 3 rings (SSSR count). The quantitative estimate of drug-likeness (QED) is 0.488. The minimum absolute atomic E-state index is 0.442. The summed E-state index contributed by atoms with van der Waals surface area (Å²) in [4.78, 5) is 2.29. The first kappa shape index (κ1) is 18.8. The molecule has 0 spiro atoms. The van der Waals surface area contributed by atoms with Crippen LogP contribution >= 0.6 is 12.2 Å². The molecule has 7 heteroatoms. The molecule has 0 aliphatic rings. The highest BCUT2D eigenvalue weighted by Crippen LogP contribution is 2.22. The van der Waals surface area contributed by atoms with E-state index in [1.165, 1.54) is 5.69 Å². The van der Waals surface area contributed by atoms with Gasteiger partial charge in [0.25, 0.3) is 0 Å². The Bertz CT molecular complexity index is 971. The second kappa shape index (κ2) is 8.64. The third-order valence-corrected chi connectivity index (χ3v) is 4.58. The lowest BCUT2D eigenvalue weighted by Gasteiger charge is -2.20. The van der Waals surface area contributed by atoms with E-state index in [0.29, 0.717) is 10.6 Å². The highest BCUT2D eigenvalue weighted by atomic mass is 32.1. The van der Waals surface area contributed by atoms with Gasteiger partial charge in [0, 0.05) is 24.3 Å². The van der Waals surface area contributed by atoms with E-state index in [2.05, 4.69) is 46.2 Å². The zero-order valence-electron chi connectivity index (χ0n) is 15.7. The van der Waals surface area contributed by atoms with Crippen molar-refractivity contribution < 1.29 is 4.74 Å². The van der Waals surface area contributed by atoms with E-state index in [1.807, 2.05) is 36.4 Å². The van der Waals surface area contributed by atoms with Crippen LogP contribution in [0.15, 0.2) is 53.6 Å². The van der Waals surface area contributed by atoms with Crippen LogP contribution in [-0.4, -0.2) is 41.3 Å². The summed E-state index contributed by atoms with van der Waals surface area (Å²) < 4.78 is 7.31. The Hall–Kier alpha value is -2.93. The number of benzene rings is 2. The van der Waals surface area contributed by atoms with Crippen LogP contribution in [0.25, 0.3) is 11.4 Å².